The average molecular weight is 285 g/mol. The number of hydrogen-bond acceptors (Lipinski definition) is 5. The number of rotatable bonds is 2. The van der Waals surface area contributed by atoms with Crippen molar-refractivity contribution in [3.63, 3.8) is 0 Å². The number of imide groups is 1. The summed E-state index contributed by atoms with van der Waals surface area (Å²) in [5.74, 6) is -2.25. The van der Waals surface area contributed by atoms with Gasteiger partial charge in [-0.2, -0.15) is 0 Å². The van der Waals surface area contributed by atoms with Crippen LogP contribution in [0.15, 0.2) is 24.4 Å². The molecule has 0 bridgehead atoms. The lowest BCUT2D eigenvalue weighted by Crippen LogP contribution is -2.40. The van der Waals surface area contributed by atoms with Gasteiger partial charge in [0, 0.05) is 18.0 Å². The Bertz CT molecular complexity index is 772. The van der Waals surface area contributed by atoms with Crippen LogP contribution in [0, 0.1) is 0 Å². The van der Waals surface area contributed by atoms with Crippen molar-refractivity contribution in [2.75, 3.05) is 0 Å². The second kappa shape index (κ2) is 4.93. The molecular formula is C14H11N3O4. The van der Waals surface area contributed by atoms with E-state index in [0.29, 0.717) is 17.3 Å². The predicted octanol–water partition coefficient (Wildman–Crippen LogP) is 0.848. The minimum Gasteiger partial charge on any atom is -0.478 e. The van der Waals surface area contributed by atoms with E-state index in [1.54, 1.807) is 12.1 Å². The molecule has 1 aromatic carbocycles. The Labute approximate surface area is 119 Å². The summed E-state index contributed by atoms with van der Waals surface area (Å²) in [6.45, 7) is 0. The molecule has 0 saturated carbocycles. The van der Waals surface area contributed by atoms with Gasteiger partial charge >= 0.3 is 5.97 Å². The zero-order valence-corrected chi connectivity index (χ0v) is 10.9. The van der Waals surface area contributed by atoms with Gasteiger partial charge in [-0.05, 0) is 12.5 Å². The third kappa shape index (κ3) is 2.33. The van der Waals surface area contributed by atoms with E-state index in [0.717, 1.165) is 0 Å². The number of aromatic carboxylic acids is 1. The van der Waals surface area contributed by atoms with Crippen LogP contribution in [0.4, 0.5) is 0 Å². The quantitative estimate of drug-likeness (QED) is 0.792. The molecule has 1 aliphatic rings. The largest absolute Gasteiger partial charge is 0.478 e. The van der Waals surface area contributed by atoms with Crippen LogP contribution in [0.5, 0.6) is 0 Å². The van der Waals surface area contributed by atoms with E-state index in [9.17, 15) is 19.5 Å². The fraction of sp³-hybridized carbons (Fsp3) is 0.214. The summed E-state index contributed by atoms with van der Waals surface area (Å²) in [5, 5.41) is 12.0. The van der Waals surface area contributed by atoms with Crippen LogP contribution >= 0.6 is 0 Å². The molecule has 1 aromatic heterocycles. The molecule has 1 atom stereocenters. The molecule has 1 fully saturated rings. The van der Waals surface area contributed by atoms with Gasteiger partial charge in [-0.1, -0.05) is 12.1 Å². The molecule has 21 heavy (non-hydrogen) atoms. The maximum Gasteiger partial charge on any atom is 0.337 e. The van der Waals surface area contributed by atoms with Gasteiger partial charge < -0.3 is 5.11 Å². The number of piperidine rings is 1. The van der Waals surface area contributed by atoms with Gasteiger partial charge in [0.15, 0.2) is 0 Å². The number of para-hydroxylation sites is 1. The Kier molecular flexibility index (Phi) is 3.09. The van der Waals surface area contributed by atoms with E-state index in [-0.39, 0.29) is 23.7 Å². The second-order valence-corrected chi connectivity index (χ2v) is 4.78. The van der Waals surface area contributed by atoms with Crippen molar-refractivity contribution >= 4 is 28.7 Å². The summed E-state index contributed by atoms with van der Waals surface area (Å²) in [7, 11) is 0. The lowest BCUT2D eigenvalue weighted by molar-refractivity contribution is -0.134. The van der Waals surface area contributed by atoms with Gasteiger partial charge in [0.1, 0.15) is 5.82 Å². The van der Waals surface area contributed by atoms with E-state index in [4.69, 9.17) is 0 Å². The summed E-state index contributed by atoms with van der Waals surface area (Å²) in [6.07, 6.45) is 2.04. The van der Waals surface area contributed by atoms with Gasteiger partial charge in [-0.15, -0.1) is 0 Å². The molecule has 2 aromatic rings. The molecule has 0 radical (unpaired) electrons. The number of carbonyl (C=O) groups excluding carboxylic acids is 2. The number of hydrogen-bond donors (Lipinski definition) is 2. The first kappa shape index (κ1) is 13.2. The summed E-state index contributed by atoms with van der Waals surface area (Å²) in [6, 6.07) is 4.77. The first-order valence-corrected chi connectivity index (χ1v) is 6.39. The molecule has 7 heteroatoms. The van der Waals surface area contributed by atoms with Crippen LogP contribution in [0.3, 0.4) is 0 Å². The second-order valence-electron chi connectivity index (χ2n) is 4.78. The van der Waals surface area contributed by atoms with Crippen LogP contribution in [0.25, 0.3) is 10.9 Å². The average Bonchev–Trinajstić information content (AvgIpc) is 2.46. The van der Waals surface area contributed by atoms with Crippen LogP contribution in [-0.2, 0) is 9.59 Å². The van der Waals surface area contributed by atoms with Crippen LogP contribution in [0.2, 0.25) is 0 Å². The van der Waals surface area contributed by atoms with Crippen molar-refractivity contribution in [3.8, 4) is 0 Å². The molecular weight excluding hydrogens is 274 g/mol. The fourth-order valence-electron chi connectivity index (χ4n) is 2.35. The highest BCUT2D eigenvalue weighted by Gasteiger charge is 2.30. The molecule has 2 N–H and O–H groups in total. The number of fused-ring (bicyclic) bond motifs is 1. The molecule has 2 amide bonds. The third-order valence-corrected chi connectivity index (χ3v) is 3.41. The van der Waals surface area contributed by atoms with Crippen molar-refractivity contribution in [2.45, 2.75) is 18.8 Å². The Morgan fingerprint density at radius 2 is 2.14 bits per heavy atom. The fourth-order valence-corrected chi connectivity index (χ4v) is 2.35. The Morgan fingerprint density at radius 3 is 2.86 bits per heavy atom. The predicted molar refractivity (Wildman–Crippen MR) is 71.6 cm³/mol. The number of carboxylic acid groups (broad SMARTS) is 1. The monoisotopic (exact) mass is 285 g/mol. The summed E-state index contributed by atoms with van der Waals surface area (Å²) in [5.41, 5.74) is 0.350. The first-order chi connectivity index (χ1) is 10.1. The molecule has 2 heterocycles. The van der Waals surface area contributed by atoms with Crippen LogP contribution < -0.4 is 5.32 Å². The topological polar surface area (TPSA) is 109 Å². The number of benzene rings is 1. The third-order valence-electron chi connectivity index (χ3n) is 3.41. The zero-order chi connectivity index (χ0) is 15.0. The molecule has 0 spiro atoms. The van der Waals surface area contributed by atoms with E-state index in [1.807, 2.05) is 0 Å². The van der Waals surface area contributed by atoms with Crippen LogP contribution in [-0.4, -0.2) is 32.9 Å². The number of nitrogens with zero attached hydrogens (tertiary/aromatic N) is 2. The van der Waals surface area contributed by atoms with E-state index in [2.05, 4.69) is 15.3 Å². The van der Waals surface area contributed by atoms with Crippen molar-refractivity contribution in [3.05, 3.63) is 35.8 Å². The standard InChI is InChI=1S/C14H11N3O4/c18-10-5-4-9(13(19)16-10)12-15-6-7-2-1-3-8(14(20)21)11(7)17-12/h1-3,6,9H,4-5H2,(H,20,21)(H,16,18,19). The smallest absolute Gasteiger partial charge is 0.337 e. The van der Waals surface area contributed by atoms with Gasteiger partial charge in [-0.3, -0.25) is 14.9 Å². The zero-order valence-electron chi connectivity index (χ0n) is 10.9. The van der Waals surface area contributed by atoms with Gasteiger partial charge in [0.2, 0.25) is 11.8 Å². The molecule has 106 valence electrons. The number of carbonyl (C=O) groups is 3. The first-order valence-electron chi connectivity index (χ1n) is 6.39. The van der Waals surface area contributed by atoms with Crippen molar-refractivity contribution in [1.29, 1.82) is 0 Å². The maximum atomic E-state index is 11.8. The van der Waals surface area contributed by atoms with Gasteiger partial charge in [0.25, 0.3) is 0 Å². The van der Waals surface area contributed by atoms with Crippen LogP contribution in [0.1, 0.15) is 34.9 Å². The van der Waals surface area contributed by atoms with Gasteiger partial charge in [-0.25, -0.2) is 14.8 Å². The highest BCUT2D eigenvalue weighted by Crippen LogP contribution is 2.24. The van der Waals surface area contributed by atoms with E-state index < -0.39 is 17.8 Å². The van der Waals surface area contributed by atoms with Crippen molar-refractivity contribution in [2.24, 2.45) is 0 Å². The summed E-state index contributed by atoms with van der Waals surface area (Å²) < 4.78 is 0. The molecule has 1 saturated heterocycles. The minimum atomic E-state index is -1.09. The molecule has 3 rings (SSSR count). The Hall–Kier alpha value is -2.83. The van der Waals surface area contributed by atoms with E-state index >= 15 is 0 Å². The van der Waals surface area contributed by atoms with Gasteiger partial charge in [0.05, 0.1) is 17.0 Å². The summed E-state index contributed by atoms with van der Waals surface area (Å²) in [4.78, 5) is 42.6. The number of nitrogens with one attached hydrogen (secondary N) is 1. The van der Waals surface area contributed by atoms with Crippen molar-refractivity contribution < 1.29 is 19.5 Å². The molecule has 1 aliphatic heterocycles. The highest BCUT2D eigenvalue weighted by molar-refractivity contribution is 6.02. The number of carboxylic acids is 1. The lowest BCUT2D eigenvalue weighted by atomic mass is 9.97. The Morgan fingerprint density at radius 1 is 1.33 bits per heavy atom. The minimum absolute atomic E-state index is 0.0587. The highest BCUT2D eigenvalue weighted by atomic mass is 16.4. The SMILES string of the molecule is O=C1CCC(c2ncc3cccc(C(=O)O)c3n2)C(=O)N1. The number of aromatic nitrogens is 2. The maximum absolute atomic E-state index is 11.8. The molecule has 7 nitrogen and oxygen atoms in total. The Balaban J connectivity index is 2.08. The summed E-state index contributed by atoms with van der Waals surface area (Å²) >= 11 is 0. The number of amides is 2. The van der Waals surface area contributed by atoms with Crippen molar-refractivity contribution in [1.82, 2.24) is 15.3 Å². The molecule has 1 unspecified atom stereocenters. The van der Waals surface area contributed by atoms with E-state index in [1.165, 1.54) is 12.3 Å². The molecule has 0 aliphatic carbocycles. The lowest BCUT2D eigenvalue weighted by Gasteiger charge is -2.19. The normalized spacial score (nSPS) is 18.6.